The van der Waals surface area contributed by atoms with E-state index in [1.165, 1.54) is 93.7 Å². The molecule has 4 aliphatic carbocycles. The van der Waals surface area contributed by atoms with Crippen LogP contribution in [0.3, 0.4) is 0 Å². The Morgan fingerprint density at radius 2 is 1.91 bits per heavy atom. The van der Waals surface area contributed by atoms with Crippen molar-refractivity contribution in [3.63, 3.8) is 0 Å². The fourth-order valence-electron chi connectivity index (χ4n) is 9.44. The molecule has 3 nitrogen and oxygen atoms in total. The molecule has 1 aromatic carbocycles. The lowest BCUT2D eigenvalue weighted by atomic mass is 9.79. The van der Waals surface area contributed by atoms with E-state index in [1.807, 2.05) is 11.3 Å². The number of aryl methyl sites for hydroxylation is 1. The molecule has 1 aromatic heterocycles. The highest BCUT2D eigenvalue weighted by atomic mass is 32.1. The van der Waals surface area contributed by atoms with Gasteiger partial charge in [0.2, 0.25) is 0 Å². The van der Waals surface area contributed by atoms with Crippen LogP contribution in [0.4, 0.5) is 0 Å². The first-order valence-corrected chi connectivity index (χ1v) is 18.9. The first-order chi connectivity index (χ1) is 22.2. The molecule has 4 heteroatoms. The monoisotopic (exact) mass is 617 g/mol. The first-order valence-electron chi connectivity index (χ1n) is 18.1. The van der Waals surface area contributed by atoms with Gasteiger partial charge in [0, 0.05) is 52.3 Å². The lowest BCUT2D eigenvalue weighted by molar-refractivity contribution is 0.216. The second kappa shape index (κ2) is 13.1. The van der Waals surface area contributed by atoms with Crippen LogP contribution in [0.15, 0.2) is 95.0 Å². The van der Waals surface area contributed by atoms with Crippen LogP contribution >= 0.6 is 11.3 Å². The van der Waals surface area contributed by atoms with Gasteiger partial charge in [0.15, 0.2) is 0 Å². The van der Waals surface area contributed by atoms with Gasteiger partial charge >= 0.3 is 0 Å². The van der Waals surface area contributed by atoms with E-state index in [-0.39, 0.29) is 0 Å². The van der Waals surface area contributed by atoms with Crippen molar-refractivity contribution in [3.05, 3.63) is 105 Å². The maximum absolute atomic E-state index is 3.63. The molecular formula is C41H51N3S. The van der Waals surface area contributed by atoms with Crippen LogP contribution in [-0.4, -0.2) is 41.5 Å². The number of nitrogens with zero attached hydrogens (tertiary/aromatic N) is 2. The molecule has 4 unspecified atom stereocenters. The van der Waals surface area contributed by atoms with Gasteiger partial charge in [-0.2, -0.15) is 0 Å². The van der Waals surface area contributed by atoms with Crippen LogP contribution in [0, 0.1) is 11.8 Å². The van der Waals surface area contributed by atoms with Gasteiger partial charge in [-0.05, 0) is 130 Å². The molecule has 236 valence electrons. The first kappa shape index (κ1) is 29.6. The van der Waals surface area contributed by atoms with E-state index in [1.54, 1.807) is 38.7 Å². The van der Waals surface area contributed by atoms with E-state index < -0.39 is 0 Å². The zero-order valence-corrected chi connectivity index (χ0v) is 28.1. The molecule has 6 aliphatic rings. The van der Waals surface area contributed by atoms with Crippen molar-refractivity contribution in [3.8, 4) is 0 Å². The lowest BCUT2D eigenvalue weighted by Gasteiger charge is -2.46. The van der Waals surface area contributed by atoms with E-state index >= 15 is 0 Å². The zero-order chi connectivity index (χ0) is 30.2. The van der Waals surface area contributed by atoms with Gasteiger partial charge in [0.05, 0.1) is 6.04 Å². The lowest BCUT2D eigenvalue weighted by Crippen LogP contribution is -2.43. The Labute approximate surface area is 275 Å². The number of nitrogens with one attached hydrogen (secondary N) is 1. The third-order valence-corrected chi connectivity index (χ3v) is 13.0. The molecule has 3 heterocycles. The molecule has 0 radical (unpaired) electrons. The van der Waals surface area contributed by atoms with Gasteiger partial charge in [-0.15, -0.1) is 11.3 Å². The predicted molar refractivity (Wildman–Crippen MR) is 191 cm³/mol. The Morgan fingerprint density at radius 1 is 0.956 bits per heavy atom. The molecule has 1 N–H and O–H groups in total. The van der Waals surface area contributed by atoms with Crippen LogP contribution in [0.5, 0.6) is 0 Å². The molecule has 0 bridgehead atoms. The minimum atomic E-state index is 0.455. The summed E-state index contributed by atoms with van der Waals surface area (Å²) in [5.41, 5.74) is 9.67. The van der Waals surface area contributed by atoms with Crippen molar-refractivity contribution in [2.24, 2.45) is 11.8 Å². The van der Waals surface area contributed by atoms with Crippen molar-refractivity contribution in [2.75, 3.05) is 19.6 Å². The molecule has 0 fully saturated rings. The predicted octanol–water partition coefficient (Wildman–Crippen LogP) is 9.60. The number of benzene rings is 1. The molecule has 8 rings (SSSR count). The second-order valence-electron chi connectivity index (χ2n) is 14.4. The summed E-state index contributed by atoms with van der Waals surface area (Å²) in [6, 6.07) is 10.2. The average Bonchev–Trinajstić information content (AvgIpc) is 3.48. The van der Waals surface area contributed by atoms with E-state index in [0.29, 0.717) is 18.0 Å². The summed E-state index contributed by atoms with van der Waals surface area (Å²) in [7, 11) is 0. The van der Waals surface area contributed by atoms with E-state index in [9.17, 15) is 0 Å². The largest absolute Gasteiger partial charge is 0.368 e. The molecule has 0 saturated carbocycles. The summed E-state index contributed by atoms with van der Waals surface area (Å²) in [5.74, 6) is 1.44. The fraction of sp³-hybridized carbons (Fsp3) is 0.512. The van der Waals surface area contributed by atoms with E-state index in [2.05, 4.69) is 88.8 Å². The van der Waals surface area contributed by atoms with Crippen molar-refractivity contribution < 1.29 is 0 Å². The number of fused-ring (bicyclic) bond motifs is 4. The second-order valence-corrected chi connectivity index (χ2v) is 15.5. The normalized spacial score (nSPS) is 30.5. The summed E-state index contributed by atoms with van der Waals surface area (Å²) < 4.78 is 1.48. The highest BCUT2D eigenvalue weighted by Gasteiger charge is 2.36. The van der Waals surface area contributed by atoms with Crippen LogP contribution in [-0.2, 0) is 12.8 Å². The van der Waals surface area contributed by atoms with Gasteiger partial charge in [0.25, 0.3) is 0 Å². The number of hydrogen-bond acceptors (Lipinski definition) is 4. The number of allylic oxidation sites excluding steroid dienone is 7. The highest BCUT2D eigenvalue weighted by Crippen LogP contribution is 2.44. The van der Waals surface area contributed by atoms with Gasteiger partial charge in [0.1, 0.15) is 0 Å². The highest BCUT2D eigenvalue weighted by molar-refractivity contribution is 7.19. The minimum Gasteiger partial charge on any atom is -0.368 e. The van der Waals surface area contributed by atoms with Crippen LogP contribution in [0.25, 0.3) is 10.1 Å². The van der Waals surface area contributed by atoms with Crippen molar-refractivity contribution in [1.82, 2.24) is 15.1 Å². The third kappa shape index (κ3) is 5.82. The average molecular weight is 618 g/mol. The fourth-order valence-corrected chi connectivity index (χ4v) is 10.7. The number of hydrogen-bond donors (Lipinski definition) is 1. The van der Waals surface area contributed by atoms with Gasteiger partial charge in [-0.25, -0.2) is 0 Å². The summed E-state index contributed by atoms with van der Waals surface area (Å²) in [5, 5.41) is 5.14. The number of rotatable bonds is 5. The number of thiophene rings is 1. The molecule has 45 heavy (non-hydrogen) atoms. The maximum Gasteiger partial charge on any atom is 0.0577 e. The summed E-state index contributed by atoms with van der Waals surface area (Å²) >= 11 is 2.05. The Morgan fingerprint density at radius 3 is 2.80 bits per heavy atom. The molecule has 0 spiro atoms. The molecule has 0 amide bonds. The third-order valence-electron chi connectivity index (χ3n) is 11.7. The SMILES string of the molecule is C/C1=C(/N(C2=CCCCC2)C2CCc3sc4ccccc4c3C2)CCCN(C2=CCCC(C3C=CCNC3)C2)C2CC=CC=C12. The summed E-state index contributed by atoms with van der Waals surface area (Å²) in [4.78, 5) is 7.42. The maximum atomic E-state index is 3.63. The van der Waals surface area contributed by atoms with E-state index in [0.717, 1.165) is 25.4 Å². The summed E-state index contributed by atoms with van der Waals surface area (Å²) in [6.45, 7) is 5.83. The van der Waals surface area contributed by atoms with Crippen LogP contribution in [0.2, 0.25) is 0 Å². The standard InChI is InChI=1S/C41H51N3S/c1-29-35-17-5-7-19-39(35)43(33-16-9-12-30(26-33)31-13-10-24-42-28-31)25-11-20-38(29)44(32-14-3-2-4-15-32)34-22-23-41-37(27-34)36-18-6-8-21-40(36)45-41/h5-8,10,13-14,16-18,21,30-31,34,39,42H,2-4,9,11-12,15,19-20,22-28H2,1H3/b38-29-. The zero-order valence-electron chi connectivity index (χ0n) is 27.3. The minimum absolute atomic E-state index is 0.455. The topological polar surface area (TPSA) is 18.5 Å². The molecule has 4 atom stereocenters. The molecule has 0 saturated heterocycles. The van der Waals surface area contributed by atoms with Crippen molar-refractivity contribution >= 4 is 21.4 Å². The van der Waals surface area contributed by atoms with Gasteiger partial charge < -0.3 is 15.1 Å². The van der Waals surface area contributed by atoms with Crippen molar-refractivity contribution in [2.45, 2.75) is 102 Å². The van der Waals surface area contributed by atoms with Crippen LogP contribution < -0.4 is 5.32 Å². The molecule has 2 aliphatic heterocycles. The quantitative estimate of drug-likeness (QED) is 0.337. The Balaban J connectivity index is 1.13. The Kier molecular flexibility index (Phi) is 8.62. The summed E-state index contributed by atoms with van der Waals surface area (Å²) in [6.07, 6.45) is 33.5. The van der Waals surface area contributed by atoms with Gasteiger partial charge in [-0.3, -0.25) is 0 Å². The Bertz CT molecular complexity index is 1600. The van der Waals surface area contributed by atoms with Crippen LogP contribution in [0.1, 0.15) is 88.0 Å². The molecule has 2 aromatic rings. The Hall–Kier alpha value is -2.82. The smallest absolute Gasteiger partial charge is 0.0577 e. The van der Waals surface area contributed by atoms with Gasteiger partial charge in [-0.1, -0.05) is 60.7 Å². The van der Waals surface area contributed by atoms with E-state index in [4.69, 9.17) is 0 Å². The molecular weight excluding hydrogens is 567 g/mol. The van der Waals surface area contributed by atoms with Crippen molar-refractivity contribution in [1.29, 1.82) is 0 Å².